The first-order valence-electron chi connectivity index (χ1n) is 6.37. The molecule has 2 N–H and O–H groups in total. The molecule has 2 fully saturated rings. The van der Waals surface area contributed by atoms with Gasteiger partial charge in [0.2, 0.25) is 5.89 Å². The first-order valence-corrected chi connectivity index (χ1v) is 6.37. The van der Waals surface area contributed by atoms with Gasteiger partial charge in [-0.05, 0) is 37.5 Å². The molecule has 0 aliphatic heterocycles. The molecule has 5 nitrogen and oxygen atoms in total. The average Bonchev–Trinajstić information content (AvgIpc) is 3.21. The topological polar surface area (TPSA) is 74.2 Å². The molecule has 0 radical (unpaired) electrons. The summed E-state index contributed by atoms with van der Waals surface area (Å²) in [4.78, 5) is 4.47. The van der Waals surface area contributed by atoms with Crippen LogP contribution in [0.2, 0.25) is 0 Å². The van der Waals surface area contributed by atoms with Gasteiger partial charge in [-0.3, -0.25) is 0 Å². The molecule has 0 amide bonds. The Hall–Kier alpha value is -0.940. The number of hydrogen-bond donors (Lipinski definition) is 1. The first-order chi connectivity index (χ1) is 8.29. The van der Waals surface area contributed by atoms with Gasteiger partial charge in [0.05, 0.1) is 6.61 Å². The highest BCUT2D eigenvalue weighted by molar-refractivity contribution is 5.09. The number of nitrogens with zero attached hydrogens (tertiary/aromatic N) is 2. The van der Waals surface area contributed by atoms with Crippen LogP contribution in [0.3, 0.4) is 0 Å². The van der Waals surface area contributed by atoms with Crippen LogP contribution in [0.1, 0.15) is 49.4 Å². The third-order valence-corrected chi connectivity index (χ3v) is 3.68. The minimum absolute atomic E-state index is 0.305. The Balaban J connectivity index is 1.73. The van der Waals surface area contributed by atoms with E-state index in [9.17, 15) is 0 Å². The van der Waals surface area contributed by atoms with Crippen molar-refractivity contribution < 1.29 is 9.26 Å². The van der Waals surface area contributed by atoms with Gasteiger partial charge in [0.25, 0.3) is 0 Å². The molecular weight excluding hydrogens is 218 g/mol. The minimum atomic E-state index is -0.305. The van der Waals surface area contributed by atoms with E-state index in [2.05, 4.69) is 10.1 Å². The number of rotatable bonds is 6. The summed E-state index contributed by atoms with van der Waals surface area (Å²) in [6.07, 6.45) is 5.26. The molecule has 1 atom stereocenters. The van der Waals surface area contributed by atoms with Crippen molar-refractivity contribution in [2.45, 2.75) is 37.6 Å². The maximum absolute atomic E-state index is 5.88. The van der Waals surface area contributed by atoms with Gasteiger partial charge < -0.3 is 15.0 Å². The summed E-state index contributed by atoms with van der Waals surface area (Å²) in [5.41, 5.74) is 5.88. The molecule has 1 unspecified atom stereocenters. The quantitative estimate of drug-likeness (QED) is 0.813. The number of methoxy groups -OCH3 is 1. The summed E-state index contributed by atoms with van der Waals surface area (Å²) >= 11 is 0. The molecule has 0 saturated heterocycles. The van der Waals surface area contributed by atoms with Crippen LogP contribution < -0.4 is 5.73 Å². The van der Waals surface area contributed by atoms with Crippen molar-refractivity contribution in [1.29, 1.82) is 0 Å². The van der Waals surface area contributed by atoms with Crippen LogP contribution in [-0.4, -0.2) is 23.9 Å². The van der Waals surface area contributed by atoms with Crippen LogP contribution in [0.25, 0.3) is 0 Å². The van der Waals surface area contributed by atoms with E-state index in [0.29, 0.717) is 18.4 Å². The normalized spacial score (nSPS) is 22.1. The van der Waals surface area contributed by atoms with Crippen LogP contribution in [0, 0.1) is 11.8 Å². The van der Waals surface area contributed by atoms with Gasteiger partial charge in [-0.15, -0.1) is 0 Å². The average molecular weight is 237 g/mol. The second-order valence-corrected chi connectivity index (χ2v) is 5.25. The minimum Gasteiger partial charge on any atom is -0.383 e. The predicted octanol–water partition coefficient (Wildman–Crippen LogP) is 1.62. The lowest BCUT2D eigenvalue weighted by molar-refractivity contribution is 0.166. The van der Waals surface area contributed by atoms with Gasteiger partial charge in [-0.2, -0.15) is 4.98 Å². The van der Waals surface area contributed by atoms with Crippen molar-refractivity contribution in [3.63, 3.8) is 0 Å². The number of nitrogens with two attached hydrogens (primary N) is 1. The van der Waals surface area contributed by atoms with E-state index in [1.807, 2.05) is 0 Å². The van der Waals surface area contributed by atoms with Crippen LogP contribution in [0.4, 0.5) is 0 Å². The molecule has 1 heterocycles. The van der Waals surface area contributed by atoms with E-state index in [1.54, 1.807) is 7.11 Å². The zero-order valence-corrected chi connectivity index (χ0v) is 10.1. The van der Waals surface area contributed by atoms with Crippen molar-refractivity contribution in [2.24, 2.45) is 17.6 Å². The van der Waals surface area contributed by atoms with E-state index in [-0.39, 0.29) is 6.04 Å². The Morgan fingerprint density at radius 3 is 2.53 bits per heavy atom. The summed E-state index contributed by atoms with van der Waals surface area (Å²) in [6.45, 7) is 0.416. The number of ether oxygens (including phenoxy) is 1. The summed E-state index contributed by atoms with van der Waals surface area (Å²) in [5, 5.41) is 4.12. The molecule has 3 rings (SSSR count). The van der Waals surface area contributed by atoms with E-state index in [1.165, 1.54) is 25.7 Å². The highest BCUT2D eigenvalue weighted by Gasteiger charge is 2.44. The molecule has 2 saturated carbocycles. The van der Waals surface area contributed by atoms with Gasteiger partial charge in [-0.1, -0.05) is 5.16 Å². The Bertz CT molecular complexity index is 373. The smallest absolute Gasteiger partial charge is 0.245 e. The molecule has 17 heavy (non-hydrogen) atoms. The van der Waals surface area contributed by atoms with E-state index < -0.39 is 0 Å². The van der Waals surface area contributed by atoms with Crippen LogP contribution in [0.15, 0.2) is 4.52 Å². The molecule has 94 valence electrons. The molecule has 0 spiro atoms. The van der Waals surface area contributed by atoms with Crippen molar-refractivity contribution in [3.05, 3.63) is 11.7 Å². The van der Waals surface area contributed by atoms with Gasteiger partial charge in [0.1, 0.15) is 6.04 Å². The highest BCUT2D eigenvalue weighted by Crippen LogP contribution is 2.53. The number of hydrogen-bond acceptors (Lipinski definition) is 5. The van der Waals surface area contributed by atoms with E-state index >= 15 is 0 Å². The maximum Gasteiger partial charge on any atom is 0.245 e. The molecular formula is C12H19N3O2. The van der Waals surface area contributed by atoms with Gasteiger partial charge in [-0.25, -0.2) is 0 Å². The second-order valence-electron chi connectivity index (χ2n) is 5.25. The van der Waals surface area contributed by atoms with Crippen molar-refractivity contribution in [1.82, 2.24) is 10.1 Å². The van der Waals surface area contributed by atoms with Crippen LogP contribution >= 0.6 is 0 Å². The Kier molecular flexibility index (Phi) is 2.88. The largest absolute Gasteiger partial charge is 0.383 e. The lowest BCUT2D eigenvalue weighted by Gasteiger charge is -2.09. The summed E-state index contributed by atoms with van der Waals surface area (Å²) in [6, 6.07) is -0.305. The number of aromatic nitrogens is 2. The molecule has 2 aliphatic rings. The van der Waals surface area contributed by atoms with Crippen LogP contribution in [0.5, 0.6) is 0 Å². The molecule has 0 bridgehead atoms. The molecule has 2 aliphatic carbocycles. The SMILES string of the molecule is COCC(N)c1nc(C(C2CC2)C2CC2)no1. The fraction of sp³-hybridized carbons (Fsp3) is 0.833. The standard InChI is InChI=1S/C12H19N3O2/c1-16-6-9(13)12-14-11(15-17-12)10(7-2-3-7)8-4-5-8/h7-10H,2-6,13H2,1H3. The van der Waals surface area contributed by atoms with Gasteiger partial charge in [0.15, 0.2) is 5.82 Å². The van der Waals surface area contributed by atoms with Gasteiger partial charge in [0, 0.05) is 13.0 Å². The third kappa shape index (κ3) is 2.35. The predicted molar refractivity (Wildman–Crippen MR) is 61.3 cm³/mol. The molecule has 5 heteroatoms. The highest BCUT2D eigenvalue weighted by atomic mass is 16.5. The Morgan fingerprint density at radius 2 is 2.00 bits per heavy atom. The molecule has 1 aromatic rings. The first kappa shape index (κ1) is 11.2. The fourth-order valence-electron chi connectivity index (χ4n) is 2.50. The molecule has 0 aromatic carbocycles. The van der Waals surface area contributed by atoms with Gasteiger partial charge >= 0.3 is 0 Å². The zero-order valence-electron chi connectivity index (χ0n) is 10.1. The lowest BCUT2D eigenvalue weighted by atomic mass is 9.97. The van der Waals surface area contributed by atoms with Crippen molar-refractivity contribution in [2.75, 3.05) is 13.7 Å². The fourth-order valence-corrected chi connectivity index (χ4v) is 2.50. The maximum atomic E-state index is 5.88. The summed E-state index contributed by atoms with van der Waals surface area (Å²) in [5.74, 6) is 3.46. The summed E-state index contributed by atoms with van der Waals surface area (Å²) < 4.78 is 10.2. The summed E-state index contributed by atoms with van der Waals surface area (Å²) in [7, 11) is 1.62. The van der Waals surface area contributed by atoms with E-state index in [4.69, 9.17) is 15.0 Å². The van der Waals surface area contributed by atoms with Crippen molar-refractivity contribution >= 4 is 0 Å². The second kappa shape index (κ2) is 4.38. The van der Waals surface area contributed by atoms with Crippen LogP contribution in [-0.2, 0) is 4.74 Å². The molecule has 1 aromatic heterocycles. The monoisotopic (exact) mass is 237 g/mol. The van der Waals surface area contributed by atoms with Crippen molar-refractivity contribution in [3.8, 4) is 0 Å². The Labute approximate surface area is 101 Å². The Morgan fingerprint density at radius 1 is 1.35 bits per heavy atom. The van der Waals surface area contributed by atoms with E-state index in [0.717, 1.165) is 17.7 Å². The lowest BCUT2D eigenvalue weighted by Crippen LogP contribution is -2.16. The third-order valence-electron chi connectivity index (χ3n) is 3.68. The zero-order chi connectivity index (χ0) is 11.8.